The van der Waals surface area contributed by atoms with E-state index in [2.05, 4.69) is 10.4 Å². The van der Waals surface area contributed by atoms with Gasteiger partial charge in [-0.2, -0.15) is 5.10 Å². The summed E-state index contributed by atoms with van der Waals surface area (Å²) >= 11 is 1.37. The topological polar surface area (TPSA) is 116 Å². The predicted octanol–water partition coefficient (Wildman–Crippen LogP) is 2.33. The summed E-state index contributed by atoms with van der Waals surface area (Å²) in [5.74, 6) is -0.889. The van der Waals surface area contributed by atoms with Gasteiger partial charge in [0.05, 0.1) is 17.6 Å². The van der Waals surface area contributed by atoms with Crippen molar-refractivity contribution in [2.75, 3.05) is 12.4 Å². The van der Waals surface area contributed by atoms with Crippen LogP contribution < -0.4 is 5.32 Å². The molecule has 1 atom stereocenters. The number of methoxy groups -OCH3 is 1. The fraction of sp³-hybridized carbons (Fsp3) is 0.400. The molecular formula is C15H16N4O5S. The van der Waals surface area contributed by atoms with Crippen LogP contribution in [0.5, 0.6) is 0 Å². The molecule has 0 unspecified atom stereocenters. The zero-order valence-electron chi connectivity index (χ0n) is 13.6. The number of aryl methyl sites for hydroxylation is 1. The number of anilines is 1. The maximum atomic E-state index is 12.5. The molecule has 0 bridgehead atoms. The van der Waals surface area contributed by atoms with Crippen LogP contribution in [0.4, 0.5) is 10.7 Å². The van der Waals surface area contributed by atoms with Gasteiger partial charge in [0, 0.05) is 4.88 Å². The Morgan fingerprint density at radius 2 is 2.24 bits per heavy atom. The van der Waals surface area contributed by atoms with Gasteiger partial charge in [0.25, 0.3) is 0 Å². The molecule has 1 N–H and O–H groups in total. The number of aromatic nitrogens is 2. The number of amides is 1. The summed E-state index contributed by atoms with van der Waals surface area (Å²) < 4.78 is 6.06. The molecule has 9 nitrogen and oxygen atoms in total. The Hall–Kier alpha value is -2.75. The average molecular weight is 364 g/mol. The number of carbonyl (C=O) groups is 2. The molecule has 2 aromatic heterocycles. The molecule has 25 heavy (non-hydrogen) atoms. The monoisotopic (exact) mass is 364 g/mol. The number of esters is 1. The normalized spacial score (nSPS) is 14.0. The number of nitrogens with zero attached hydrogens (tertiary/aromatic N) is 3. The number of hydrogen-bond acceptors (Lipinski definition) is 7. The molecule has 132 valence electrons. The molecule has 0 spiro atoms. The molecule has 0 saturated heterocycles. The van der Waals surface area contributed by atoms with Crippen LogP contribution in [0.15, 0.2) is 12.4 Å². The first-order valence-corrected chi connectivity index (χ1v) is 8.46. The third-order valence-corrected chi connectivity index (χ3v) is 5.33. The van der Waals surface area contributed by atoms with Gasteiger partial charge in [0.2, 0.25) is 5.91 Å². The average Bonchev–Trinajstić information content (AvgIpc) is 3.28. The van der Waals surface area contributed by atoms with E-state index in [4.69, 9.17) is 4.74 Å². The lowest BCUT2D eigenvalue weighted by atomic mass is 10.1. The molecule has 1 amide bonds. The second kappa shape index (κ2) is 6.63. The van der Waals surface area contributed by atoms with Crippen molar-refractivity contribution in [2.45, 2.75) is 32.2 Å². The van der Waals surface area contributed by atoms with E-state index < -0.39 is 22.8 Å². The van der Waals surface area contributed by atoms with Gasteiger partial charge < -0.3 is 10.1 Å². The van der Waals surface area contributed by atoms with E-state index in [9.17, 15) is 19.7 Å². The number of thiophene rings is 1. The molecule has 2 aromatic rings. The SMILES string of the molecule is COC(=O)c1c(NC(=O)[C@@H](C)n2cc([N+](=O)[O-])cn2)sc2c1CCC2. The first-order chi connectivity index (χ1) is 11.9. The number of nitrogens with one attached hydrogen (secondary N) is 1. The Morgan fingerprint density at radius 3 is 2.88 bits per heavy atom. The first kappa shape index (κ1) is 17.1. The molecule has 0 saturated carbocycles. The van der Waals surface area contributed by atoms with E-state index in [1.807, 2.05) is 0 Å². The Labute approximate surface area is 146 Å². The highest BCUT2D eigenvalue weighted by Gasteiger charge is 2.29. The van der Waals surface area contributed by atoms with Gasteiger partial charge in [0.1, 0.15) is 23.4 Å². The fourth-order valence-electron chi connectivity index (χ4n) is 2.78. The molecule has 3 rings (SSSR count). The summed E-state index contributed by atoms with van der Waals surface area (Å²) in [5.41, 5.74) is 1.16. The molecule has 0 fully saturated rings. The van der Waals surface area contributed by atoms with Gasteiger partial charge in [-0.05, 0) is 31.7 Å². The fourth-order valence-corrected chi connectivity index (χ4v) is 4.06. The molecular weight excluding hydrogens is 348 g/mol. The highest BCUT2D eigenvalue weighted by molar-refractivity contribution is 7.17. The zero-order valence-corrected chi connectivity index (χ0v) is 14.5. The summed E-state index contributed by atoms with van der Waals surface area (Å²) in [6.07, 6.45) is 4.92. The van der Waals surface area contributed by atoms with Crippen molar-refractivity contribution in [2.24, 2.45) is 0 Å². The lowest BCUT2D eigenvalue weighted by Crippen LogP contribution is -2.24. The van der Waals surface area contributed by atoms with Crippen molar-refractivity contribution in [3.05, 3.63) is 38.5 Å². The highest BCUT2D eigenvalue weighted by Crippen LogP contribution is 2.39. The number of nitro groups is 1. The lowest BCUT2D eigenvalue weighted by molar-refractivity contribution is -0.385. The summed E-state index contributed by atoms with van der Waals surface area (Å²) in [5, 5.41) is 17.8. The van der Waals surface area contributed by atoms with Crippen LogP contribution in [0.2, 0.25) is 0 Å². The quantitative estimate of drug-likeness (QED) is 0.494. The third-order valence-electron chi connectivity index (χ3n) is 4.12. The van der Waals surface area contributed by atoms with E-state index in [0.29, 0.717) is 10.6 Å². The van der Waals surface area contributed by atoms with Crippen molar-refractivity contribution >= 4 is 33.9 Å². The van der Waals surface area contributed by atoms with Crippen molar-refractivity contribution in [3.8, 4) is 0 Å². The maximum absolute atomic E-state index is 12.5. The van der Waals surface area contributed by atoms with E-state index >= 15 is 0 Å². The Kier molecular flexibility index (Phi) is 4.53. The lowest BCUT2D eigenvalue weighted by Gasteiger charge is -2.12. The number of ether oxygens (including phenoxy) is 1. The van der Waals surface area contributed by atoms with Gasteiger partial charge >= 0.3 is 11.7 Å². The second-order valence-corrected chi connectivity index (χ2v) is 6.76. The predicted molar refractivity (Wildman–Crippen MR) is 89.9 cm³/mol. The zero-order chi connectivity index (χ0) is 18.1. The van der Waals surface area contributed by atoms with Crippen LogP contribution in [0.3, 0.4) is 0 Å². The number of fused-ring (bicyclic) bond motifs is 1. The van der Waals surface area contributed by atoms with Crippen LogP contribution in [-0.2, 0) is 22.4 Å². The van der Waals surface area contributed by atoms with Crippen LogP contribution in [0.25, 0.3) is 0 Å². The third kappa shape index (κ3) is 3.12. The minimum absolute atomic E-state index is 0.190. The molecule has 0 radical (unpaired) electrons. The molecule has 1 aliphatic rings. The van der Waals surface area contributed by atoms with Crippen LogP contribution in [0, 0.1) is 10.1 Å². The van der Waals surface area contributed by atoms with Gasteiger partial charge in [-0.1, -0.05) is 0 Å². The van der Waals surface area contributed by atoms with Crippen molar-refractivity contribution in [1.82, 2.24) is 9.78 Å². The summed E-state index contributed by atoms with van der Waals surface area (Å²) in [6, 6.07) is -0.767. The van der Waals surface area contributed by atoms with Gasteiger partial charge in [-0.15, -0.1) is 11.3 Å². The van der Waals surface area contributed by atoms with E-state index in [1.165, 1.54) is 29.3 Å². The molecule has 10 heteroatoms. The highest BCUT2D eigenvalue weighted by atomic mass is 32.1. The Bertz CT molecular complexity index is 856. The number of carbonyl (C=O) groups excluding carboxylic acids is 2. The number of rotatable bonds is 5. The largest absolute Gasteiger partial charge is 0.465 e. The Balaban J connectivity index is 1.83. The van der Waals surface area contributed by atoms with Crippen molar-refractivity contribution < 1.29 is 19.2 Å². The van der Waals surface area contributed by atoms with Crippen LogP contribution in [-0.4, -0.2) is 33.7 Å². The molecule has 2 heterocycles. The second-order valence-electron chi connectivity index (χ2n) is 5.65. The van der Waals surface area contributed by atoms with Crippen molar-refractivity contribution in [1.29, 1.82) is 0 Å². The van der Waals surface area contributed by atoms with Crippen molar-refractivity contribution in [3.63, 3.8) is 0 Å². The molecule has 0 aromatic carbocycles. The van der Waals surface area contributed by atoms with Crippen LogP contribution >= 0.6 is 11.3 Å². The van der Waals surface area contributed by atoms with Gasteiger partial charge in [-0.3, -0.25) is 19.6 Å². The molecule has 0 aliphatic heterocycles. The maximum Gasteiger partial charge on any atom is 0.341 e. The summed E-state index contributed by atoms with van der Waals surface area (Å²) in [6.45, 7) is 1.57. The smallest absolute Gasteiger partial charge is 0.341 e. The minimum atomic E-state index is -0.767. The minimum Gasteiger partial charge on any atom is -0.465 e. The summed E-state index contributed by atoms with van der Waals surface area (Å²) in [7, 11) is 1.30. The Morgan fingerprint density at radius 1 is 1.48 bits per heavy atom. The van der Waals surface area contributed by atoms with E-state index in [1.54, 1.807) is 6.92 Å². The van der Waals surface area contributed by atoms with Gasteiger partial charge in [-0.25, -0.2) is 4.79 Å². The van der Waals surface area contributed by atoms with Crippen LogP contribution in [0.1, 0.15) is 40.2 Å². The molecule has 1 aliphatic carbocycles. The standard InChI is InChI=1S/C15H16N4O5S/c1-8(18-7-9(6-16-18)19(22)23)13(20)17-14-12(15(21)24-2)10-4-3-5-11(10)25-14/h6-8H,3-5H2,1-2H3,(H,17,20)/t8-/m1/s1. The number of hydrogen-bond donors (Lipinski definition) is 1. The van der Waals surface area contributed by atoms with E-state index in [0.717, 1.165) is 35.9 Å². The first-order valence-electron chi connectivity index (χ1n) is 7.64. The van der Waals surface area contributed by atoms with Gasteiger partial charge in [0.15, 0.2) is 0 Å². The van der Waals surface area contributed by atoms with E-state index in [-0.39, 0.29) is 5.69 Å². The summed E-state index contributed by atoms with van der Waals surface area (Å²) in [4.78, 5) is 35.8.